The molecule has 1 fully saturated rings. The van der Waals surface area contributed by atoms with Crippen LogP contribution in [-0.2, 0) is 0 Å². The molecule has 1 aliphatic heterocycles. The Balaban J connectivity index is 1.92. The Labute approximate surface area is 137 Å². The van der Waals surface area contributed by atoms with Gasteiger partial charge in [0.05, 0.1) is 5.39 Å². The molecule has 4 rings (SSSR count). The number of fused-ring (bicyclic) bond motifs is 1. The van der Waals surface area contributed by atoms with E-state index in [0.29, 0.717) is 5.28 Å². The molecule has 0 aliphatic carbocycles. The quantitative estimate of drug-likeness (QED) is 0.731. The summed E-state index contributed by atoms with van der Waals surface area (Å²) in [6.45, 7) is 3.81. The van der Waals surface area contributed by atoms with Crippen molar-refractivity contribution in [2.24, 2.45) is 0 Å². The van der Waals surface area contributed by atoms with E-state index in [1.165, 1.54) is 11.1 Å². The van der Waals surface area contributed by atoms with Crippen molar-refractivity contribution in [2.45, 2.75) is 0 Å². The monoisotopic (exact) mass is 330 g/mol. The van der Waals surface area contributed by atoms with E-state index < -0.39 is 0 Å². The lowest BCUT2D eigenvalue weighted by atomic mass is 10.1. The first-order valence-corrected chi connectivity index (χ1v) is 8.54. The molecular formula is C16H15ClN4S. The van der Waals surface area contributed by atoms with Crippen molar-refractivity contribution in [3.05, 3.63) is 41.0 Å². The van der Waals surface area contributed by atoms with Crippen molar-refractivity contribution in [2.75, 3.05) is 31.1 Å². The number of nitrogens with zero attached hydrogens (tertiary/aromatic N) is 3. The minimum Gasteiger partial charge on any atom is -0.353 e. The van der Waals surface area contributed by atoms with Gasteiger partial charge in [0, 0.05) is 37.1 Å². The van der Waals surface area contributed by atoms with Crippen molar-refractivity contribution in [3.8, 4) is 11.1 Å². The molecule has 0 unspecified atom stereocenters. The summed E-state index contributed by atoms with van der Waals surface area (Å²) in [5.41, 5.74) is 2.38. The van der Waals surface area contributed by atoms with Gasteiger partial charge in [-0.25, -0.2) is 4.98 Å². The molecule has 2 aromatic heterocycles. The zero-order valence-corrected chi connectivity index (χ0v) is 13.5. The van der Waals surface area contributed by atoms with Gasteiger partial charge in [0.15, 0.2) is 0 Å². The molecule has 0 bridgehead atoms. The van der Waals surface area contributed by atoms with Gasteiger partial charge in [-0.05, 0) is 17.2 Å². The topological polar surface area (TPSA) is 41.1 Å². The Hall–Kier alpha value is -1.69. The van der Waals surface area contributed by atoms with E-state index in [1.54, 1.807) is 11.3 Å². The van der Waals surface area contributed by atoms with Crippen LogP contribution in [-0.4, -0.2) is 36.1 Å². The van der Waals surface area contributed by atoms with Gasteiger partial charge >= 0.3 is 0 Å². The molecule has 6 heteroatoms. The number of halogens is 1. The Morgan fingerprint density at radius 3 is 2.64 bits per heavy atom. The molecule has 1 aromatic carbocycles. The van der Waals surface area contributed by atoms with Crippen LogP contribution in [0.3, 0.4) is 0 Å². The number of hydrogen-bond donors (Lipinski definition) is 1. The Kier molecular flexibility index (Phi) is 3.70. The summed E-state index contributed by atoms with van der Waals surface area (Å²) in [5, 5.41) is 6.96. The molecule has 112 valence electrons. The summed E-state index contributed by atoms with van der Waals surface area (Å²) >= 11 is 7.76. The highest BCUT2D eigenvalue weighted by molar-refractivity contribution is 7.17. The molecule has 0 atom stereocenters. The maximum Gasteiger partial charge on any atom is 0.225 e. The van der Waals surface area contributed by atoms with E-state index in [-0.39, 0.29) is 0 Å². The predicted molar refractivity (Wildman–Crippen MR) is 92.9 cm³/mol. The second kappa shape index (κ2) is 5.83. The molecular weight excluding hydrogens is 316 g/mol. The van der Waals surface area contributed by atoms with Crippen LogP contribution in [0.15, 0.2) is 35.7 Å². The number of aromatic nitrogens is 2. The molecule has 0 spiro atoms. The molecule has 0 amide bonds. The standard InChI is InChI=1S/C16H15ClN4S/c17-16-19-14(21-8-6-18-7-9-21)13-12(10-22-15(13)20-16)11-4-2-1-3-5-11/h1-5,10,18H,6-9H2. The van der Waals surface area contributed by atoms with Crippen LogP contribution in [0, 0.1) is 0 Å². The van der Waals surface area contributed by atoms with E-state index in [0.717, 1.165) is 42.2 Å². The maximum atomic E-state index is 6.14. The van der Waals surface area contributed by atoms with E-state index >= 15 is 0 Å². The minimum absolute atomic E-state index is 0.322. The summed E-state index contributed by atoms with van der Waals surface area (Å²) in [4.78, 5) is 12.2. The van der Waals surface area contributed by atoms with Crippen molar-refractivity contribution in [3.63, 3.8) is 0 Å². The summed E-state index contributed by atoms with van der Waals surface area (Å²) < 4.78 is 0. The SMILES string of the molecule is Clc1nc(N2CCNCC2)c2c(-c3ccccc3)csc2n1. The Bertz CT molecular complexity index is 797. The summed E-state index contributed by atoms with van der Waals surface area (Å²) in [6, 6.07) is 10.4. The van der Waals surface area contributed by atoms with Crippen LogP contribution in [0.5, 0.6) is 0 Å². The highest BCUT2D eigenvalue weighted by Crippen LogP contribution is 2.38. The van der Waals surface area contributed by atoms with Crippen LogP contribution in [0.1, 0.15) is 0 Å². The number of nitrogens with one attached hydrogen (secondary N) is 1. The first-order chi connectivity index (χ1) is 10.8. The fourth-order valence-corrected chi connectivity index (χ4v) is 3.99. The number of rotatable bonds is 2. The fourth-order valence-electron chi connectivity index (χ4n) is 2.83. The van der Waals surface area contributed by atoms with Gasteiger partial charge in [-0.15, -0.1) is 11.3 Å². The molecule has 4 nitrogen and oxygen atoms in total. The summed E-state index contributed by atoms with van der Waals surface area (Å²) in [6.07, 6.45) is 0. The van der Waals surface area contributed by atoms with Gasteiger partial charge in [0.2, 0.25) is 5.28 Å². The van der Waals surface area contributed by atoms with Gasteiger partial charge in [-0.1, -0.05) is 30.3 Å². The second-order valence-electron chi connectivity index (χ2n) is 5.25. The maximum absolute atomic E-state index is 6.14. The predicted octanol–water partition coefficient (Wildman–Crippen LogP) is 3.42. The lowest BCUT2D eigenvalue weighted by molar-refractivity contribution is 0.586. The van der Waals surface area contributed by atoms with Crippen molar-refractivity contribution < 1.29 is 0 Å². The number of thiophene rings is 1. The lowest BCUT2D eigenvalue weighted by Gasteiger charge is -2.29. The Morgan fingerprint density at radius 2 is 1.86 bits per heavy atom. The normalized spacial score (nSPS) is 15.4. The van der Waals surface area contributed by atoms with E-state index in [4.69, 9.17) is 11.6 Å². The first kappa shape index (κ1) is 13.9. The van der Waals surface area contributed by atoms with E-state index in [9.17, 15) is 0 Å². The molecule has 1 saturated heterocycles. The van der Waals surface area contributed by atoms with Gasteiger partial charge in [-0.3, -0.25) is 0 Å². The largest absolute Gasteiger partial charge is 0.353 e. The summed E-state index contributed by atoms with van der Waals surface area (Å²) in [5.74, 6) is 0.955. The van der Waals surface area contributed by atoms with Crippen LogP contribution in [0.25, 0.3) is 21.3 Å². The molecule has 22 heavy (non-hydrogen) atoms. The number of anilines is 1. The molecule has 1 N–H and O–H groups in total. The molecule has 3 aromatic rings. The third-order valence-corrected chi connectivity index (χ3v) is 4.93. The first-order valence-electron chi connectivity index (χ1n) is 7.29. The molecule has 3 heterocycles. The van der Waals surface area contributed by atoms with Crippen molar-refractivity contribution in [1.29, 1.82) is 0 Å². The molecule has 0 radical (unpaired) electrons. The number of benzene rings is 1. The van der Waals surface area contributed by atoms with Crippen molar-refractivity contribution >= 4 is 39.0 Å². The van der Waals surface area contributed by atoms with Gasteiger partial charge in [-0.2, -0.15) is 4.98 Å². The second-order valence-corrected chi connectivity index (χ2v) is 6.45. The zero-order valence-electron chi connectivity index (χ0n) is 11.9. The van der Waals surface area contributed by atoms with E-state index in [1.807, 2.05) is 6.07 Å². The molecule has 0 saturated carbocycles. The van der Waals surface area contributed by atoms with E-state index in [2.05, 4.69) is 49.8 Å². The van der Waals surface area contributed by atoms with Crippen LogP contribution in [0.2, 0.25) is 5.28 Å². The third kappa shape index (κ3) is 2.45. The van der Waals surface area contributed by atoms with Gasteiger partial charge in [0.25, 0.3) is 0 Å². The van der Waals surface area contributed by atoms with Gasteiger partial charge in [0.1, 0.15) is 10.6 Å². The zero-order chi connectivity index (χ0) is 14.9. The van der Waals surface area contributed by atoms with Crippen LogP contribution < -0.4 is 10.2 Å². The van der Waals surface area contributed by atoms with Gasteiger partial charge < -0.3 is 10.2 Å². The average molecular weight is 331 g/mol. The van der Waals surface area contributed by atoms with Crippen LogP contribution >= 0.6 is 22.9 Å². The molecule has 1 aliphatic rings. The highest BCUT2D eigenvalue weighted by Gasteiger charge is 2.20. The third-order valence-electron chi connectivity index (χ3n) is 3.89. The number of piperazine rings is 1. The van der Waals surface area contributed by atoms with Crippen molar-refractivity contribution in [1.82, 2.24) is 15.3 Å². The lowest BCUT2D eigenvalue weighted by Crippen LogP contribution is -2.44. The summed E-state index contributed by atoms with van der Waals surface area (Å²) in [7, 11) is 0. The fraction of sp³-hybridized carbons (Fsp3) is 0.250. The minimum atomic E-state index is 0.322. The Morgan fingerprint density at radius 1 is 1.09 bits per heavy atom. The average Bonchev–Trinajstić information content (AvgIpc) is 2.99. The van der Waals surface area contributed by atoms with Crippen LogP contribution in [0.4, 0.5) is 5.82 Å². The number of hydrogen-bond acceptors (Lipinski definition) is 5. The highest BCUT2D eigenvalue weighted by atomic mass is 35.5. The smallest absolute Gasteiger partial charge is 0.225 e.